The lowest BCUT2D eigenvalue weighted by Crippen LogP contribution is -2.07. The number of fused-ring (bicyclic) bond motifs is 1. The molecule has 0 saturated heterocycles. The average Bonchev–Trinajstić information content (AvgIpc) is 2.76. The number of hydrogen-bond donors (Lipinski definition) is 1. The van der Waals surface area contributed by atoms with Gasteiger partial charge in [-0.15, -0.1) is 0 Å². The molecule has 1 heterocycles. The summed E-state index contributed by atoms with van der Waals surface area (Å²) >= 11 is 6.12. The van der Waals surface area contributed by atoms with Gasteiger partial charge in [-0.05, 0) is 23.8 Å². The molecule has 0 aliphatic rings. The van der Waals surface area contributed by atoms with E-state index in [1.807, 2.05) is 54.1 Å². The molecule has 1 aromatic heterocycles. The van der Waals surface area contributed by atoms with Crippen LogP contribution in [0.3, 0.4) is 0 Å². The number of aliphatic hydroxyl groups is 1. The summed E-state index contributed by atoms with van der Waals surface area (Å²) in [4.78, 5) is 4.57. The van der Waals surface area contributed by atoms with E-state index in [4.69, 9.17) is 11.6 Å². The predicted molar refractivity (Wildman–Crippen MR) is 80.8 cm³/mol. The van der Waals surface area contributed by atoms with Crippen molar-refractivity contribution in [3.8, 4) is 0 Å². The van der Waals surface area contributed by atoms with E-state index in [0.717, 1.165) is 22.4 Å². The zero-order chi connectivity index (χ0) is 14.1. The van der Waals surface area contributed by atoms with Crippen molar-refractivity contribution in [2.24, 2.45) is 7.05 Å². The van der Waals surface area contributed by atoms with E-state index in [0.29, 0.717) is 11.4 Å². The maximum absolute atomic E-state index is 10.4. The van der Waals surface area contributed by atoms with Crippen molar-refractivity contribution in [1.82, 2.24) is 9.55 Å². The lowest BCUT2D eigenvalue weighted by Gasteiger charge is -2.12. The largest absolute Gasteiger partial charge is 0.388 e. The topological polar surface area (TPSA) is 38.0 Å². The average molecular weight is 287 g/mol. The molecular weight excluding hydrogens is 272 g/mol. The molecule has 0 fully saturated rings. The molecule has 0 radical (unpaired) electrons. The van der Waals surface area contributed by atoms with Crippen LogP contribution in [0.1, 0.15) is 17.5 Å². The summed E-state index contributed by atoms with van der Waals surface area (Å²) in [6, 6.07) is 15.3. The molecule has 4 heteroatoms. The highest BCUT2D eigenvalue weighted by Crippen LogP contribution is 2.26. The number of nitrogens with zero attached hydrogens (tertiary/aromatic N) is 2. The fourth-order valence-corrected chi connectivity index (χ4v) is 2.67. The highest BCUT2D eigenvalue weighted by atomic mass is 35.5. The summed E-state index contributed by atoms with van der Waals surface area (Å²) in [5, 5.41) is 10.9. The van der Waals surface area contributed by atoms with Crippen molar-refractivity contribution >= 4 is 22.6 Å². The second kappa shape index (κ2) is 5.27. The second-order valence-electron chi connectivity index (χ2n) is 4.82. The molecule has 2 aromatic carbocycles. The first kappa shape index (κ1) is 13.2. The van der Waals surface area contributed by atoms with Crippen LogP contribution >= 0.6 is 11.6 Å². The third-order valence-corrected chi connectivity index (χ3v) is 3.86. The Morgan fingerprint density at radius 3 is 2.60 bits per heavy atom. The summed E-state index contributed by atoms with van der Waals surface area (Å²) in [7, 11) is 1.96. The third-order valence-electron chi connectivity index (χ3n) is 3.52. The van der Waals surface area contributed by atoms with Crippen molar-refractivity contribution in [1.29, 1.82) is 0 Å². The monoisotopic (exact) mass is 286 g/mol. The smallest absolute Gasteiger partial charge is 0.112 e. The minimum absolute atomic E-state index is 0.439. The van der Waals surface area contributed by atoms with Gasteiger partial charge < -0.3 is 9.67 Å². The Hall–Kier alpha value is -1.84. The number of halogens is 1. The number of aliphatic hydroxyl groups excluding tert-OH is 1. The van der Waals surface area contributed by atoms with Crippen molar-refractivity contribution < 1.29 is 5.11 Å². The van der Waals surface area contributed by atoms with Gasteiger partial charge in [-0.1, -0.05) is 41.9 Å². The molecular formula is C16H15ClN2O. The normalized spacial score (nSPS) is 12.8. The van der Waals surface area contributed by atoms with Crippen molar-refractivity contribution in [2.45, 2.75) is 12.5 Å². The van der Waals surface area contributed by atoms with Crippen LogP contribution in [-0.2, 0) is 13.5 Å². The number of imidazole rings is 1. The van der Waals surface area contributed by atoms with E-state index in [2.05, 4.69) is 4.98 Å². The number of hydrogen-bond acceptors (Lipinski definition) is 2. The lowest BCUT2D eigenvalue weighted by molar-refractivity contribution is 0.175. The van der Waals surface area contributed by atoms with Gasteiger partial charge in [0, 0.05) is 18.5 Å². The van der Waals surface area contributed by atoms with Gasteiger partial charge in [-0.2, -0.15) is 0 Å². The Balaban J connectivity index is 1.93. The highest BCUT2D eigenvalue weighted by Gasteiger charge is 2.16. The van der Waals surface area contributed by atoms with E-state index >= 15 is 0 Å². The van der Waals surface area contributed by atoms with Gasteiger partial charge in [0.25, 0.3) is 0 Å². The molecule has 102 valence electrons. The van der Waals surface area contributed by atoms with Gasteiger partial charge in [-0.3, -0.25) is 0 Å². The molecule has 1 unspecified atom stereocenters. The Bertz CT molecular complexity index is 751. The van der Waals surface area contributed by atoms with Crippen LogP contribution in [0.5, 0.6) is 0 Å². The van der Waals surface area contributed by atoms with Crippen LogP contribution in [-0.4, -0.2) is 14.7 Å². The van der Waals surface area contributed by atoms with Gasteiger partial charge in [0.05, 0.1) is 17.1 Å². The number of aromatic nitrogens is 2. The highest BCUT2D eigenvalue weighted by molar-refractivity contribution is 6.31. The fraction of sp³-hybridized carbons (Fsp3) is 0.188. The molecule has 0 aliphatic carbocycles. The van der Waals surface area contributed by atoms with Crippen molar-refractivity contribution in [2.75, 3.05) is 0 Å². The quantitative estimate of drug-likeness (QED) is 0.800. The zero-order valence-corrected chi connectivity index (χ0v) is 11.9. The number of aryl methyl sites for hydroxylation is 1. The molecule has 3 rings (SSSR count). The Kier molecular flexibility index (Phi) is 3.47. The van der Waals surface area contributed by atoms with Gasteiger partial charge >= 0.3 is 0 Å². The Morgan fingerprint density at radius 1 is 1.15 bits per heavy atom. The molecule has 3 aromatic rings. The second-order valence-corrected chi connectivity index (χ2v) is 5.22. The molecule has 0 spiro atoms. The molecule has 3 nitrogen and oxygen atoms in total. The van der Waals surface area contributed by atoms with Crippen LogP contribution < -0.4 is 0 Å². The van der Waals surface area contributed by atoms with Gasteiger partial charge in [0.15, 0.2) is 0 Å². The van der Waals surface area contributed by atoms with Crippen LogP contribution in [0, 0.1) is 0 Å². The van der Waals surface area contributed by atoms with Crippen LogP contribution in [0.15, 0.2) is 48.5 Å². The molecule has 0 amide bonds. The van der Waals surface area contributed by atoms with Gasteiger partial charge in [0.1, 0.15) is 5.82 Å². The molecule has 1 atom stereocenters. The first-order valence-corrected chi connectivity index (χ1v) is 6.87. The standard InChI is InChI=1S/C16H15ClN2O/c1-19-14-9-5-4-8-13(14)18-16(19)10-15(20)11-6-2-3-7-12(11)17/h2-9,15,20H,10H2,1H3. The minimum atomic E-state index is -0.654. The SMILES string of the molecule is Cn1c(CC(O)c2ccccc2Cl)nc2ccccc21. The first-order valence-electron chi connectivity index (χ1n) is 6.49. The molecule has 0 saturated carbocycles. The molecule has 0 bridgehead atoms. The minimum Gasteiger partial charge on any atom is -0.388 e. The third kappa shape index (κ3) is 2.30. The summed E-state index contributed by atoms with van der Waals surface area (Å²) < 4.78 is 2.01. The summed E-state index contributed by atoms with van der Waals surface area (Å²) in [5.41, 5.74) is 2.74. The van der Waals surface area contributed by atoms with E-state index in [-0.39, 0.29) is 0 Å². The van der Waals surface area contributed by atoms with Crippen LogP contribution in [0.2, 0.25) is 5.02 Å². The molecule has 20 heavy (non-hydrogen) atoms. The number of rotatable bonds is 3. The molecule has 0 aliphatic heterocycles. The Labute approximate surface area is 122 Å². The zero-order valence-electron chi connectivity index (χ0n) is 11.1. The lowest BCUT2D eigenvalue weighted by atomic mass is 10.1. The number of benzene rings is 2. The summed E-state index contributed by atoms with van der Waals surface area (Å²) in [6.07, 6.45) is -0.214. The van der Waals surface area contributed by atoms with Crippen LogP contribution in [0.25, 0.3) is 11.0 Å². The van der Waals surface area contributed by atoms with Crippen molar-refractivity contribution in [3.05, 3.63) is 64.9 Å². The van der Waals surface area contributed by atoms with E-state index in [9.17, 15) is 5.11 Å². The van der Waals surface area contributed by atoms with Crippen molar-refractivity contribution in [3.63, 3.8) is 0 Å². The maximum atomic E-state index is 10.4. The fourth-order valence-electron chi connectivity index (χ4n) is 2.41. The van der Waals surface area contributed by atoms with Gasteiger partial charge in [0.2, 0.25) is 0 Å². The van der Waals surface area contributed by atoms with E-state index in [1.54, 1.807) is 6.07 Å². The first-order chi connectivity index (χ1) is 9.66. The maximum Gasteiger partial charge on any atom is 0.112 e. The molecule has 1 N–H and O–H groups in total. The van der Waals surface area contributed by atoms with Gasteiger partial charge in [-0.25, -0.2) is 4.98 Å². The Morgan fingerprint density at radius 2 is 1.85 bits per heavy atom. The van der Waals surface area contributed by atoms with Crippen LogP contribution in [0.4, 0.5) is 0 Å². The van der Waals surface area contributed by atoms with E-state index in [1.165, 1.54) is 0 Å². The summed E-state index contributed by atoms with van der Waals surface area (Å²) in [5.74, 6) is 0.846. The van der Waals surface area contributed by atoms with E-state index < -0.39 is 6.10 Å². The predicted octanol–water partition coefficient (Wildman–Crippen LogP) is 3.50. The number of para-hydroxylation sites is 2. The summed E-state index contributed by atoms with van der Waals surface area (Å²) in [6.45, 7) is 0.